The molecule has 0 aliphatic rings. The molecule has 0 atom stereocenters. The number of nitrogens with two attached hydrogens (primary N) is 1. The molecule has 0 unspecified atom stereocenters. The minimum absolute atomic E-state index is 0.215. The number of amides is 1. The van der Waals surface area contributed by atoms with Gasteiger partial charge in [0.2, 0.25) is 5.91 Å². The van der Waals surface area contributed by atoms with Crippen molar-refractivity contribution in [1.29, 1.82) is 0 Å². The molecule has 0 heterocycles. The van der Waals surface area contributed by atoms with E-state index in [1.54, 1.807) is 13.8 Å². The molecule has 0 rings (SSSR count). The number of carbonyl (C=O) groups excluding carboxylic acids is 1. The fourth-order valence-electron chi connectivity index (χ4n) is 0.835. The van der Waals surface area contributed by atoms with Gasteiger partial charge in [-0.3, -0.25) is 10.2 Å². The van der Waals surface area contributed by atoms with Crippen LogP contribution < -0.4 is 11.3 Å². The van der Waals surface area contributed by atoms with E-state index in [0.29, 0.717) is 13.2 Å². The zero-order chi connectivity index (χ0) is 11.2. The second-order valence-electron chi connectivity index (χ2n) is 4.12. The molecule has 0 fully saturated rings. The van der Waals surface area contributed by atoms with Gasteiger partial charge in [0, 0.05) is 0 Å². The SMILES string of the molecule is C=C(C)CCOCC(C)(C)C(=O)NN. The number of hydrogen-bond donors (Lipinski definition) is 2. The van der Waals surface area contributed by atoms with Crippen LogP contribution in [0.2, 0.25) is 0 Å². The largest absolute Gasteiger partial charge is 0.380 e. The van der Waals surface area contributed by atoms with Crippen LogP contribution in [-0.2, 0) is 9.53 Å². The Hall–Kier alpha value is -0.870. The maximum absolute atomic E-state index is 11.2. The van der Waals surface area contributed by atoms with Crippen LogP contribution in [0.25, 0.3) is 0 Å². The maximum atomic E-state index is 11.2. The van der Waals surface area contributed by atoms with Gasteiger partial charge in [-0.2, -0.15) is 0 Å². The number of carbonyl (C=O) groups is 1. The summed E-state index contributed by atoms with van der Waals surface area (Å²) in [5, 5.41) is 0. The van der Waals surface area contributed by atoms with Crippen LogP contribution in [0.5, 0.6) is 0 Å². The number of hydrogen-bond acceptors (Lipinski definition) is 3. The number of ether oxygens (including phenoxy) is 1. The number of hydrazine groups is 1. The molecule has 0 saturated heterocycles. The molecule has 4 heteroatoms. The highest BCUT2D eigenvalue weighted by Crippen LogP contribution is 2.15. The summed E-state index contributed by atoms with van der Waals surface area (Å²) < 4.78 is 5.36. The zero-order valence-electron chi connectivity index (χ0n) is 9.22. The smallest absolute Gasteiger partial charge is 0.241 e. The summed E-state index contributed by atoms with van der Waals surface area (Å²) in [6, 6.07) is 0. The maximum Gasteiger partial charge on any atom is 0.241 e. The molecule has 0 bridgehead atoms. The summed E-state index contributed by atoms with van der Waals surface area (Å²) in [5.74, 6) is 4.83. The normalized spacial score (nSPS) is 11.1. The van der Waals surface area contributed by atoms with Gasteiger partial charge in [0.15, 0.2) is 0 Å². The van der Waals surface area contributed by atoms with E-state index in [-0.39, 0.29) is 5.91 Å². The Labute approximate surface area is 85.5 Å². The molecule has 1 amide bonds. The first-order valence-electron chi connectivity index (χ1n) is 4.63. The Balaban J connectivity index is 3.76. The molecule has 0 aliphatic heterocycles. The Morgan fingerprint density at radius 2 is 2.14 bits per heavy atom. The second-order valence-corrected chi connectivity index (χ2v) is 4.12. The highest BCUT2D eigenvalue weighted by Gasteiger charge is 2.26. The van der Waals surface area contributed by atoms with Gasteiger partial charge in [0.05, 0.1) is 18.6 Å². The van der Waals surface area contributed by atoms with E-state index in [0.717, 1.165) is 12.0 Å². The van der Waals surface area contributed by atoms with E-state index in [4.69, 9.17) is 10.6 Å². The Morgan fingerprint density at radius 3 is 2.57 bits per heavy atom. The lowest BCUT2D eigenvalue weighted by Gasteiger charge is -2.21. The zero-order valence-corrected chi connectivity index (χ0v) is 9.22. The minimum Gasteiger partial charge on any atom is -0.380 e. The van der Waals surface area contributed by atoms with E-state index in [2.05, 4.69) is 12.0 Å². The van der Waals surface area contributed by atoms with Gasteiger partial charge < -0.3 is 4.74 Å². The number of rotatable bonds is 6. The molecule has 82 valence electrons. The van der Waals surface area contributed by atoms with Gasteiger partial charge in [0.1, 0.15) is 0 Å². The predicted molar refractivity (Wildman–Crippen MR) is 56.4 cm³/mol. The van der Waals surface area contributed by atoms with Crippen LogP contribution in [0.3, 0.4) is 0 Å². The van der Waals surface area contributed by atoms with Crippen LogP contribution in [0, 0.1) is 5.41 Å². The lowest BCUT2D eigenvalue weighted by Crippen LogP contribution is -2.43. The van der Waals surface area contributed by atoms with Crippen molar-refractivity contribution in [2.24, 2.45) is 11.3 Å². The summed E-state index contributed by atoms with van der Waals surface area (Å²) in [6.07, 6.45) is 0.820. The van der Waals surface area contributed by atoms with Crippen LogP contribution in [-0.4, -0.2) is 19.1 Å². The monoisotopic (exact) mass is 200 g/mol. The van der Waals surface area contributed by atoms with Crippen molar-refractivity contribution >= 4 is 5.91 Å². The first-order valence-corrected chi connectivity index (χ1v) is 4.63. The summed E-state index contributed by atoms with van der Waals surface area (Å²) in [7, 11) is 0. The molecule has 4 nitrogen and oxygen atoms in total. The van der Waals surface area contributed by atoms with Gasteiger partial charge in [-0.25, -0.2) is 5.84 Å². The van der Waals surface area contributed by atoms with Crippen molar-refractivity contribution in [3.63, 3.8) is 0 Å². The van der Waals surface area contributed by atoms with Gasteiger partial charge in [-0.05, 0) is 27.2 Å². The van der Waals surface area contributed by atoms with E-state index in [1.165, 1.54) is 0 Å². The van der Waals surface area contributed by atoms with Crippen molar-refractivity contribution in [1.82, 2.24) is 5.43 Å². The third-order valence-electron chi connectivity index (χ3n) is 1.88. The molecule has 14 heavy (non-hydrogen) atoms. The van der Waals surface area contributed by atoms with Crippen LogP contribution in [0.1, 0.15) is 27.2 Å². The summed E-state index contributed by atoms with van der Waals surface area (Å²) in [4.78, 5) is 11.2. The van der Waals surface area contributed by atoms with Gasteiger partial charge in [0.25, 0.3) is 0 Å². The van der Waals surface area contributed by atoms with Crippen LogP contribution in [0.4, 0.5) is 0 Å². The number of nitrogens with one attached hydrogen (secondary N) is 1. The van der Waals surface area contributed by atoms with E-state index >= 15 is 0 Å². The molecule has 0 aromatic rings. The Kier molecular flexibility index (Phi) is 5.42. The molecular formula is C10H20N2O2. The van der Waals surface area contributed by atoms with Crippen LogP contribution >= 0.6 is 0 Å². The molecule has 3 N–H and O–H groups in total. The van der Waals surface area contributed by atoms with E-state index in [1.807, 2.05) is 6.92 Å². The second kappa shape index (κ2) is 5.78. The van der Waals surface area contributed by atoms with E-state index in [9.17, 15) is 4.79 Å². The lowest BCUT2D eigenvalue weighted by molar-refractivity contribution is -0.132. The summed E-state index contributed by atoms with van der Waals surface area (Å²) in [6.45, 7) is 10.2. The molecule has 0 saturated carbocycles. The first kappa shape index (κ1) is 13.1. The first-order chi connectivity index (χ1) is 6.40. The fraction of sp³-hybridized carbons (Fsp3) is 0.700. The van der Waals surface area contributed by atoms with Crippen molar-refractivity contribution < 1.29 is 9.53 Å². The van der Waals surface area contributed by atoms with Gasteiger partial charge in [-0.1, -0.05) is 5.57 Å². The lowest BCUT2D eigenvalue weighted by atomic mass is 9.94. The van der Waals surface area contributed by atoms with Crippen molar-refractivity contribution in [3.8, 4) is 0 Å². The molecule has 0 radical (unpaired) electrons. The van der Waals surface area contributed by atoms with Crippen molar-refractivity contribution in [2.45, 2.75) is 27.2 Å². The van der Waals surface area contributed by atoms with E-state index < -0.39 is 5.41 Å². The molecule has 0 aromatic carbocycles. The predicted octanol–water partition coefficient (Wildman–Crippen LogP) is 0.985. The highest BCUT2D eigenvalue weighted by molar-refractivity contribution is 5.81. The fourth-order valence-corrected chi connectivity index (χ4v) is 0.835. The third-order valence-corrected chi connectivity index (χ3v) is 1.88. The van der Waals surface area contributed by atoms with Gasteiger partial charge >= 0.3 is 0 Å². The Bertz CT molecular complexity index is 212. The quantitative estimate of drug-likeness (QED) is 0.221. The molecule has 0 aromatic heterocycles. The van der Waals surface area contributed by atoms with Crippen molar-refractivity contribution in [2.75, 3.05) is 13.2 Å². The third kappa shape index (κ3) is 4.99. The van der Waals surface area contributed by atoms with Crippen molar-refractivity contribution in [3.05, 3.63) is 12.2 Å². The molecular weight excluding hydrogens is 180 g/mol. The topological polar surface area (TPSA) is 64.3 Å². The highest BCUT2D eigenvalue weighted by atomic mass is 16.5. The average Bonchev–Trinajstić information content (AvgIpc) is 2.10. The standard InChI is InChI=1S/C10H20N2O2/c1-8(2)5-6-14-7-10(3,4)9(13)12-11/h1,5-7,11H2,2-4H3,(H,12,13). The average molecular weight is 200 g/mol. The minimum atomic E-state index is -0.580. The van der Waals surface area contributed by atoms with Crippen LogP contribution in [0.15, 0.2) is 12.2 Å². The molecule has 0 aliphatic carbocycles. The molecule has 0 spiro atoms. The van der Waals surface area contributed by atoms with Gasteiger partial charge in [-0.15, -0.1) is 6.58 Å². The summed E-state index contributed by atoms with van der Waals surface area (Å²) >= 11 is 0. The Morgan fingerprint density at radius 1 is 1.57 bits per heavy atom. The summed E-state index contributed by atoms with van der Waals surface area (Å²) in [5.41, 5.74) is 2.61.